The molecule has 0 aliphatic carbocycles. The van der Waals surface area contributed by atoms with E-state index in [4.69, 9.17) is 109 Å². The van der Waals surface area contributed by atoms with E-state index in [0.29, 0.717) is 0 Å². The van der Waals surface area contributed by atoms with Gasteiger partial charge in [0.15, 0.2) is 75.5 Å². The number of rotatable bonds is 35. The minimum Gasteiger partial charge on any atom is -0.394 e. The van der Waals surface area contributed by atoms with E-state index in [9.17, 15) is 194 Å². The topological polar surface area (TPSA) is 990 Å². The number of hydrogen-bond donors (Lipinski definition) is 38. The van der Waals surface area contributed by atoms with Crippen molar-refractivity contribution in [3.05, 3.63) is 0 Å². The molecule has 12 aliphatic heterocycles. The highest BCUT2D eigenvalue weighted by atomic mass is 16.8. The lowest BCUT2D eigenvalue weighted by Crippen LogP contribution is -2.69. The van der Waals surface area contributed by atoms with Gasteiger partial charge in [0.05, 0.1) is 79.3 Å². The molecule has 0 aromatic carbocycles. The van der Waals surface area contributed by atoms with Crippen LogP contribution in [-0.2, 0) is 114 Å². The third-order valence-electron chi connectivity index (χ3n) is 25.4. The van der Waals surface area contributed by atoms with Crippen molar-refractivity contribution in [2.75, 3.05) is 79.3 Å². The standard InChI is InChI=1S/C74H125NO61/c1-14(83)75-27-39(95)57(21(8-82)119-63(27)113)131-71-56(112)59(38(94)26(129-71)12-117-67-55(111)58(132-68-52(108)41(97)29(85)16(3-77)121-68)37(93)25(128-67)13-118-72-60(46(102)32(88)19(6-80)124-72)134-69-53(109)42(98)30(86)17(4-78)122-69)133-74-62(136-73-61(47(103)33(89)20(7-81)125-73)135-70-54(110)43(99)31(87)18(5-79)123-70)48(104)36(92)24(130-74)11-116-66-51(107)45(101)35(91)23(127-66)10-115-65-50(106)44(100)34(90)22(126-65)9-114-64-49(105)40(96)28(84)15(2-76)120-64/h15-74,76-82,84-113H,2-13H2,1H3,(H,75,83)/t15-,16-,17-,18-,19-,20-,21-,22-,23-,24-,25-,26-,27-,28-,29-,30-,31-,32-,33-,34-,35-,36-,37-,38-,39-,40+,41+,42+,43+,44+,45+,46+,47+,48+,49+,50+,51+,52+,53+,54+,55+,56+,57-,58+,59+,60+,61+,62+,63?,64+,65+,66+,67+,68-,69-,70-,71+,72+,73-,74-/m1/s1. The summed E-state index contributed by atoms with van der Waals surface area (Å²) in [4.78, 5) is 12.5. The summed E-state index contributed by atoms with van der Waals surface area (Å²) in [5.41, 5.74) is 0. The van der Waals surface area contributed by atoms with Gasteiger partial charge in [-0.25, -0.2) is 0 Å². The smallest absolute Gasteiger partial charge is 0.217 e. The van der Waals surface area contributed by atoms with Crippen LogP contribution in [-0.4, -0.2) is 643 Å². The zero-order chi connectivity index (χ0) is 99.7. The Kier molecular flexibility index (Phi) is 40.0. The summed E-state index contributed by atoms with van der Waals surface area (Å²) in [5.74, 6) is -0.931. The average molecular weight is 2000 g/mol. The molecule has 12 heterocycles. The summed E-state index contributed by atoms with van der Waals surface area (Å²) in [6.45, 7) is -12.4. The molecule has 0 radical (unpaired) electrons. The second-order valence-corrected chi connectivity index (χ2v) is 34.5. The first-order valence-electron chi connectivity index (χ1n) is 43.2. The van der Waals surface area contributed by atoms with Crippen molar-refractivity contribution in [3.8, 4) is 0 Å². The van der Waals surface area contributed by atoms with Gasteiger partial charge >= 0.3 is 0 Å². The Labute approximate surface area is 766 Å². The molecule has 0 spiro atoms. The van der Waals surface area contributed by atoms with Crippen LogP contribution >= 0.6 is 0 Å². The highest BCUT2D eigenvalue weighted by molar-refractivity contribution is 5.73. The summed E-state index contributed by atoms with van der Waals surface area (Å²) in [7, 11) is 0. The molecule has 0 aromatic rings. The predicted molar refractivity (Wildman–Crippen MR) is 407 cm³/mol. The quantitative estimate of drug-likeness (QED) is 0.0280. The maximum atomic E-state index is 12.9. The summed E-state index contributed by atoms with van der Waals surface area (Å²) in [5, 5.41) is 412. The van der Waals surface area contributed by atoms with Gasteiger partial charge in [0.1, 0.15) is 293 Å². The molecule has 0 saturated carbocycles. The van der Waals surface area contributed by atoms with Crippen molar-refractivity contribution >= 4 is 5.91 Å². The zero-order valence-corrected chi connectivity index (χ0v) is 71.5. The Bertz CT molecular complexity index is 3590. The van der Waals surface area contributed by atoms with Crippen LogP contribution in [0, 0.1) is 0 Å². The van der Waals surface area contributed by atoms with Crippen molar-refractivity contribution in [2.24, 2.45) is 0 Å². The van der Waals surface area contributed by atoms with Crippen molar-refractivity contribution in [3.63, 3.8) is 0 Å². The van der Waals surface area contributed by atoms with E-state index in [-0.39, 0.29) is 0 Å². The summed E-state index contributed by atoms with van der Waals surface area (Å²) >= 11 is 0. The molecular formula is C74H125NO61. The van der Waals surface area contributed by atoms with E-state index in [1.807, 2.05) is 0 Å². The van der Waals surface area contributed by atoms with E-state index in [1.165, 1.54) is 0 Å². The van der Waals surface area contributed by atoms with E-state index in [1.54, 1.807) is 0 Å². The lowest BCUT2D eigenvalue weighted by Gasteiger charge is -2.50. The first-order chi connectivity index (χ1) is 64.4. The lowest BCUT2D eigenvalue weighted by molar-refractivity contribution is -0.409. The van der Waals surface area contributed by atoms with Crippen molar-refractivity contribution in [1.29, 1.82) is 0 Å². The molecule has 60 atom stereocenters. The van der Waals surface area contributed by atoms with Crippen LogP contribution in [0.15, 0.2) is 0 Å². The van der Waals surface area contributed by atoms with Gasteiger partial charge in [-0.3, -0.25) is 4.79 Å². The lowest BCUT2D eigenvalue weighted by atomic mass is 9.94. The molecule has 12 saturated heterocycles. The first-order valence-corrected chi connectivity index (χ1v) is 43.2. The fourth-order valence-electron chi connectivity index (χ4n) is 17.2. The monoisotopic (exact) mass is 2000 g/mol. The van der Waals surface area contributed by atoms with Gasteiger partial charge in [-0.15, -0.1) is 0 Å². The number of aliphatic hydroxyl groups excluding tert-OH is 37. The van der Waals surface area contributed by atoms with Crippen LogP contribution in [0.2, 0.25) is 0 Å². The molecule has 38 N–H and O–H groups in total. The predicted octanol–water partition coefficient (Wildman–Crippen LogP) is -27.0. The molecular weight excluding hydrogens is 1880 g/mol. The largest absolute Gasteiger partial charge is 0.394 e. The third kappa shape index (κ3) is 24.0. The second-order valence-electron chi connectivity index (χ2n) is 34.5. The van der Waals surface area contributed by atoms with E-state index >= 15 is 0 Å². The Morgan fingerprint density at radius 3 is 0.721 bits per heavy atom. The maximum absolute atomic E-state index is 12.9. The van der Waals surface area contributed by atoms with Crippen LogP contribution in [0.1, 0.15) is 6.92 Å². The van der Waals surface area contributed by atoms with Crippen LogP contribution in [0.25, 0.3) is 0 Å². The summed E-state index contributed by atoms with van der Waals surface area (Å²) < 4.78 is 134. The minimum absolute atomic E-state index is 0.857. The molecule has 136 heavy (non-hydrogen) atoms. The number of hydrogen-bond acceptors (Lipinski definition) is 61. The van der Waals surface area contributed by atoms with Crippen LogP contribution in [0.3, 0.4) is 0 Å². The molecule has 62 heteroatoms. The molecule has 1 unspecified atom stereocenters. The Balaban J connectivity index is 0.861. The van der Waals surface area contributed by atoms with Crippen LogP contribution in [0.4, 0.5) is 0 Å². The maximum Gasteiger partial charge on any atom is 0.217 e. The Morgan fingerprint density at radius 1 is 0.191 bits per heavy atom. The van der Waals surface area contributed by atoms with Crippen molar-refractivity contribution in [2.45, 2.75) is 375 Å². The van der Waals surface area contributed by atoms with Gasteiger partial charge in [0, 0.05) is 6.92 Å². The third-order valence-corrected chi connectivity index (χ3v) is 25.4. The van der Waals surface area contributed by atoms with Crippen molar-refractivity contribution < 1.29 is 303 Å². The first kappa shape index (κ1) is 112. The van der Waals surface area contributed by atoms with Crippen LogP contribution < -0.4 is 5.32 Å². The highest BCUT2D eigenvalue weighted by Gasteiger charge is 2.62. The van der Waals surface area contributed by atoms with E-state index in [2.05, 4.69) is 5.32 Å². The SMILES string of the molecule is CC(=O)N[C@H]1C(O)O[C@H](CO)[C@@H](O[C@@H]2O[C@H](CO[C@H]3O[C@H](CO[C@H]4O[C@H](CO)[C@@H](O)[C@H](O)[C@@H]4O[C@H]4O[C@H](CO)[C@@H](O)[C@H](O)[C@@H]4O)[C@@H](O)[C@H](O[C@H]4O[C@H](CO)[C@@H](O)[C@H](O)[C@@H]4O)[C@@H]3O)[C@@H](O)[C@H](O[C@H]3O[C@H](CO[C@H]4O[C@H](CO[C@H]5O[C@H](CO[C@H]6O[C@H](CO)[C@@H](O)[C@H](O)[C@@H]6O)[C@@H](O)[C@H](O)[C@@H]5O)[C@@H](O)[C@H](O)[C@@H]4O)[C@@H](O)[C@H](O)[C@@H]3O[C@H]3O[C@H](CO)[C@@H](O)[C@H](O)[C@@H]3O[C@H]3O[C@H](CO)[C@@H](O)[C@H](O)[C@@H]3O)[C@@H]2O)[C@@H]1O. The number of carbonyl (C=O) groups excluding carboxylic acids is 1. The fourth-order valence-corrected chi connectivity index (χ4v) is 17.2. The normalized spacial score (nSPS) is 52.8. The van der Waals surface area contributed by atoms with E-state index < -0.39 is 454 Å². The highest BCUT2D eigenvalue weighted by Crippen LogP contribution is 2.41. The molecule has 12 aliphatic rings. The van der Waals surface area contributed by atoms with Crippen LogP contribution in [0.5, 0.6) is 0 Å². The Hall–Kier alpha value is -2.93. The minimum atomic E-state index is -2.72. The number of aliphatic hydroxyl groups is 37. The molecule has 12 fully saturated rings. The fraction of sp³-hybridized carbons (Fsp3) is 0.986. The number of carbonyl (C=O) groups is 1. The number of nitrogens with one attached hydrogen (secondary N) is 1. The molecule has 792 valence electrons. The molecule has 0 aromatic heterocycles. The van der Waals surface area contributed by atoms with Gasteiger partial charge in [0.25, 0.3) is 0 Å². The molecule has 12 rings (SSSR count). The van der Waals surface area contributed by atoms with Gasteiger partial charge in [0.2, 0.25) is 5.91 Å². The second kappa shape index (κ2) is 48.6. The van der Waals surface area contributed by atoms with E-state index in [0.717, 1.165) is 6.92 Å². The average Bonchev–Trinajstić information content (AvgIpc) is 0.755. The van der Waals surface area contributed by atoms with Gasteiger partial charge in [-0.05, 0) is 0 Å². The Morgan fingerprint density at radius 2 is 0.390 bits per heavy atom. The van der Waals surface area contributed by atoms with Gasteiger partial charge in [-0.1, -0.05) is 0 Å². The molecule has 1 amide bonds. The summed E-state index contributed by atoms with van der Waals surface area (Å²) in [6.07, 6.45) is -130. The van der Waals surface area contributed by atoms with Gasteiger partial charge < -0.3 is 303 Å². The zero-order valence-electron chi connectivity index (χ0n) is 71.5. The molecule has 0 bridgehead atoms. The number of amides is 1. The van der Waals surface area contributed by atoms with Crippen molar-refractivity contribution in [1.82, 2.24) is 5.32 Å². The summed E-state index contributed by atoms with van der Waals surface area (Å²) in [6, 6.07) is -1.89. The van der Waals surface area contributed by atoms with Gasteiger partial charge in [-0.2, -0.15) is 0 Å². The number of ether oxygens (including phenoxy) is 23. The molecule has 62 nitrogen and oxygen atoms in total.